The fourth-order valence-electron chi connectivity index (χ4n) is 3.05. The van der Waals surface area contributed by atoms with E-state index in [1.54, 1.807) is 18.2 Å². The fraction of sp³-hybridized carbons (Fsp3) is 0.316. The number of rotatable bonds is 5. The van der Waals surface area contributed by atoms with Gasteiger partial charge < -0.3 is 4.90 Å². The molecular weight excluding hydrogens is 334 g/mol. The summed E-state index contributed by atoms with van der Waals surface area (Å²) in [4.78, 5) is 2.39. The Labute approximate surface area is 149 Å². The Hall–Kier alpha value is -2.20. The minimum absolute atomic E-state index is 0.107. The minimum atomic E-state index is -3.61. The minimum Gasteiger partial charge on any atom is -0.300 e. The van der Waals surface area contributed by atoms with E-state index in [1.165, 1.54) is 15.9 Å². The third-order valence-electron chi connectivity index (χ3n) is 4.52. The predicted octanol–water partition coefficient (Wildman–Crippen LogP) is 2.11. The summed E-state index contributed by atoms with van der Waals surface area (Å²) in [5, 5.41) is 9.16. The molecule has 0 atom stereocenters. The van der Waals surface area contributed by atoms with Gasteiger partial charge in [0, 0.05) is 32.7 Å². The number of hydrogen-bond acceptors (Lipinski definition) is 4. The van der Waals surface area contributed by atoms with Gasteiger partial charge in [-0.05, 0) is 24.1 Å². The average Bonchev–Trinajstić information content (AvgIpc) is 2.67. The lowest BCUT2D eigenvalue weighted by Gasteiger charge is -2.34. The van der Waals surface area contributed by atoms with E-state index in [2.05, 4.69) is 17.0 Å². The summed E-state index contributed by atoms with van der Waals surface area (Å²) in [5.74, 6) is 0. The first kappa shape index (κ1) is 17.6. The van der Waals surface area contributed by atoms with Crippen molar-refractivity contribution in [3.63, 3.8) is 0 Å². The Morgan fingerprint density at radius 3 is 2.24 bits per heavy atom. The van der Waals surface area contributed by atoms with E-state index in [9.17, 15) is 8.42 Å². The zero-order chi connectivity index (χ0) is 17.7. The van der Waals surface area contributed by atoms with Crippen LogP contribution in [0.4, 0.5) is 0 Å². The van der Waals surface area contributed by atoms with Crippen LogP contribution in [0.5, 0.6) is 0 Å². The number of nitriles is 1. The molecule has 25 heavy (non-hydrogen) atoms. The van der Waals surface area contributed by atoms with Crippen molar-refractivity contribution in [1.29, 1.82) is 5.26 Å². The van der Waals surface area contributed by atoms with Gasteiger partial charge in [0.25, 0.3) is 0 Å². The van der Waals surface area contributed by atoms with Crippen LogP contribution >= 0.6 is 0 Å². The highest BCUT2D eigenvalue weighted by atomic mass is 32.2. The summed E-state index contributed by atoms with van der Waals surface area (Å²) >= 11 is 0. The number of benzene rings is 2. The van der Waals surface area contributed by atoms with Gasteiger partial charge in [0.05, 0.1) is 10.5 Å². The van der Waals surface area contributed by atoms with Crippen LogP contribution in [0.3, 0.4) is 0 Å². The van der Waals surface area contributed by atoms with Crippen LogP contribution in [0.25, 0.3) is 0 Å². The lowest BCUT2D eigenvalue weighted by atomic mass is 10.1. The molecule has 5 nitrogen and oxygen atoms in total. The molecule has 3 rings (SSSR count). The average molecular weight is 355 g/mol. The second-order valence-corrected chi connectivity index (χ2v) is 8.00. The Morgan fingerprint density at radius 2 is 1.56 bits per heavy atom. The normalized spacial score (nSPS) is 16.4. The Kier molecular flexibility index (Phi) is 5.49. The fourth-order valence-corrected chi connectivity index (χ4v) is 4.61. The second-order valence-electron chi connectivity index (χ2n) is 6.09. The SMILES string of the molecule is N#Cc1ccccc1S(=O)(=O)N1CCN(CCc2ccccc2)CC1. The van der Waals surface area contributed by atoms with Gasteiger partial charge in [-0.15, -0.1) is 0 Å². The zero-order valence-corrected chi connectivity index (χ0v) is 14.8. The number of hydrogen-bond donors (Lipinski definition) is 0. The quantitative estimate of drug-likeness (QED) is 0.824. The first-order valence-electron chi connectivity index (χ1n) is 8.37. The van der Waals surface area contributed by atoms with Crippen molar-refractivity contribution in [1.82, 2.24) is 9.21 Å². The highest BCUT2D eigenvalue weighted by Crippen LogP contribution is 2.21. The predicted molar refractivity (Wildman–Crippen MR) is 96.5 cm³/mol. The van der Waals surface area contributed by atoms with Crippen molar-refractivity contribution < 1.29 is 8.42 Å². The highest BCUT2D eigenvalue weighted by Gasteiger charge is 2.29. The summed E-state index contributed by atoms with van der Waals surface area (Å²) < 4.78 is 27.1. The smallest absolute Gasteiger partial charge is 0.244 e. The maximum Gasteiger partial charge on any atom is 0.244 e. The van der Waals surface area contributed by atoms with Gasteiger partial charge in [-0.1, -0.05) is 42.5 Å². The molecule has 0 unspecified atom stereocenters. The van der Waals surface area contributed by atoms with Gasteiger partial charge >= 0.3 is 0 Å². The van der Waals surface area contributed by atoms with E-state index in [1.807, 2.05) is 24.3 Å². The summed E-state index contributed by atoms with van der Waals surface area (Å²) in [5.41, 5.74) is 1.49. The van der Waals surface area contributed by atoms with Crippen LogP contribution in [0.1, 0.15) is 11.1 Å². The largest absolute Gasteiger partial charge is 0.300 e. The molecule has 1 saturated heterocycles. The molecule has 1 aliphatic heterocycles. The molecule has 2 aromatic carbocycles. The Bertz CT molecular complexity index is 852. The topological polar surface area (TPSA) is 64.4 Å². The molecule has 1 heterocycles. The van der Waals surface area contributed by atoms with E-state index in [4.69, 9.17) is 5.26 Å². The third-order valence-corrected chi connectivity index (χ3v) is 6.47. The van der Waals surface area contributed by atoms with Gasteiger partial charge in [0.15, 0.2) is 0 Å². The maximum absolute atomic E-state index is 12.8. The molecule has 0 aromatic heterocycles. The molecular formula is C19H21N3O2S. The van der Waals surface area contributed by atoms with Gasteiger partial charge in [-0.2, -0.15) is 9.57 Å². The lowest BCUT2D eigenvalue weighted by molar-refractivity contribution is 0.190. The van der Waals surface area contributed by atoms with Gasteiger partial charge in [-0.3, -0.25) is 0 Å². The molecule has 0 N–H and O–H groups in total. The van der Waals surface area contributed by atoms with Gasteiger partial charge in [0.2, 0.25) is 10.0 Å². The highest BCUT2D eigenvalue weighted by molar-refractivity contribution is 7.89. The van der Waals surface area contributed by atoms with Crippen LogP contribution in [-0.4, -0.2) is 50.3 Å². The first-order valence-corrected chi connectivity index (χ1v) is 9.81. The van der Waals surface area contributed by atoms with Crippen LogP contribution in [0, 0.1) is 11.3 Å². The molecule has 0 bridgehead atoms. The lowest BCUT2D eigenvalue weighted by Crippen LogP contribution is -2.49. The number of nitrogens with zero attached hydrogens (tertiary/aromatic N) is 3. The summed E-state index contributed by atoms with van der Waals surface area (Å²) in [7, 11) is -3.61. The monoisotopic (exact) mass is 355 g/mol. The molecule has 0 spiro atoms. The van der Waals surface area contributed by atoms with Crippen LogP contribution in [-0.2, 0) is 16.4 Å². The van der Waals surface area contributed by atoms with Crippen molar-refractivity contribution in [2.45, 2.75) is 11.3 Å². The molecule has 1 fully saturated rings. The molecule has 0 amide bonds. The van der Waals surface area contributed by atoms with Crippen LogP contribution in [0.2, 0.25) is 0 Å². The Morgan fingerprint density at radius 1 is 0.920 bits per heavy atom. The van der Waals surface area contributed by atoms with E-state index >= 15 is 0 Å². The number of piperazine rings is 1. The van der Waals surface area contributed by atoms with E-state index < -0.39 is 10.0 Å². The molecule has 6 heteroatoms. The third kappa shape index (κ3) is 4.07. The summed E-state index contributed by atoms with van der Waals surface area (Å²) in [6, 6.07) is 18.7. The van der Waals surface area contributed by atoms with E-state index in [0.717, 1.165) is 13.0 Å². The van der Waals surface area contributed by atoms with Crippen molar-refractivity contribution in [3.8, 4) is 6.07 Å². The Balaban J connectivity index is 1.61. The maximum atomic E-state index is 12.8. The van der Waals surface area contributed by atoms with E-state index in [0.29, 0.717) is 26.2 Å². The summed E-state index contributed by atoms with van der Waals surface area (Å²) in [6.45, 7) is 3.25. The standard InChI is InChI=1S/C19H21N3O2S/c20-16-18-8-4-5-9-19(18)25(23,24)22-14-12-21(13-15-22)11-10-17-6-2-1-3-7-17/h1-9H,10-15H2. The second kappa shape index (κ2) is 7.79. The van der Waals surface area contributed by atoms with Crippen molar-refractivity contribution >= 4 is 10.0 Å². The van der Waals surface area contributed by atoms with Crippen LogP contribution < -0.4 is 0 Å². The molecule has 0 aliphatic carbocycles. The zero-order valence-electron chi connectivity index (χ0n) is 14.0. The van der Waals surface area contributed by atoms with E-state index in [-0.39, 0.29) is 10.5 Å². The van der Waals surface area contributed by atoms with Gasteiger partial charge in [0.1, 0.15) is 6.07 Å². The van der Waals surface area contributed by atoms with Crippen molar-refractivity contribution in [3.05, 3.63) is 65.7 Å². The molecule has 0 radical (unpaired) electrons. The van der Waals surface area contributed by atoms with Gasteiger partial charge in [-0.25, -0.2) is 8.42 Å². The molecule has 130 valence electrons. The van der Waals surface area contributed by atoms with Crippen LogP contribution in [0.15, 0.2) is 59.5 Å². The molecule has 0 saturated carbocycles. The summed E-state index contributed by atoms with van der Waals surface area (Å²) in [6.07, 6.45) is 0.963. The first-order chi connectivity index (χ1) is 12.1. The van der Waals surface area contributed by atoms with Crippen molar-refractivity contribution in [2.75, 3.05) is 32.7 Å². The molecule has 2 aromatic rings. The van der Waals surface area contributed by atoms with Crippen molar-refractivity contribution in [2.24, 2.45) is 0 Å². The number of sulfonamides is 1. The molecule has 1 aliphatic rings.